The highest BCUT2D eigenvalue weighted by molar-refractivity contribution is 5.71. The van der Waals surface area contributed by atoms with Gasteiger partial charge in [0.2, 0.25) is 0 Å². The molecular formula is C19H11N3. The molecule has 1 aromatic heterocycles. The van der Waals surface area contributed by atoms with Crippen molar-refractivity contribution in [3.8, 4) is 28.5 Å². The van der Waals surface area contributed by atoms with Gasteiger partial charge in [0.15, 0.2) is 5.69 Å². The first kappa shape index (κ1) is 13.5. The first-order valence-electron chi connectivity index (χ1n) is 6.74. The normalized spacial score (nSPS) is 9.73. The monoisotopic (exact) mass is 281 g/mol. The van der Waals surface area contributed by atoms with Crippen molar-refractivity contribution in [1.29, 1.82) is 5.26 Å². The van der Waals surface area contributed by atoms with E-state index in [1.807, 2.05) is 42.5 Å². The first-order valence-corrected chi connectivity index (χ1v) is 6.74. The van der Waals surface area contributed by atoms with Crippen LogP contribution in [0.15, 0.2) is 66.9 Å². The Labute approximate surface area is 128 Å². The molecular weight excluding hydrogens is 270 g/mol. The number of nitrogens with zero attached hydrogens (tertiary/aromatic N) is 3. The molecule has 0 N–H and O–H groups in total. The maximum absolute atomic E-state index is 9.05. The third-order valence-electron chi connectivity index (χ3n) is 3.34. The highest BCUT2D eigenvalue weighted by Gasteiger charge is 2.05. The minimum Gasteiger partial charge on any atom is -0.256 e. The molecule has 0 radical (unpaired) electrons. The Bertz CT molecular complexity index is 850. The largest absolute Gasteiger partial charge is 0.256 e. The summed E-state index contributed by atoms with van der Waals surface area (Å²) in [6, 6.07) is 21.1. The molecule has 0 aliphatic carbocycles. The van der Waals surface area contributed by atoms with E-state index in [1.165, 1.54) is 0 Å². The molecule has 0 amide bonds. The number of hydrogen-bond acceptors (Lipinski definition) is 2. The van der Waals surface area contributed by atoms with E-state index in [1.54, 1.807) is 24.4 Å². The van der Waals surface area contributed by atoms with E-state index >= 15 is 0 Å². The SMILES string of the molecule is [C-]#[N+]c1cc(C#N)cc(-c2ccc(-c3ccccc3)cn2)c1. The molecule has 0 saturated carbocycles. The molecule has 0 fully saturated rings. The molecule has 102 valence electrons. The summed E-state index contributed by atoms with van der Waals surface area (Å²) >= 11 is 0. The molecule has 0 bridgehead atoms. The Kier molecular flexibility index (Phi) is 3.64. The Hall–Kier alpha value is -3.43. The third kappa shape index (κ3) is 2.70. The highest BCUT2D eigenvalue weighted by atomic mass is 14.7. The Morgan fingerprint density at radius 2 is 1.73 bits per heavy atom. The van der Waals surface area contributed by atoms with Gasteiger partial charge in [-0.1, -0.05) is 36.4 Å². The van der Waals surface area contributed by atoms with Gasteiger partial charge in [-0.3, -0.25) is 4.98 Å². The van der Waals surface area contributed by atoms with Crippen molar-refractivity contribution in [2.24, 2.45) is 0 Å². The molecule has 0 aliphatic rings. The van der Waals surface area contributed by atoms with Crippen LogP contribution in [0, 0.1) is 17.9 Å². The van der Waals surface area contributed by atoms with Crippen LogP contribution in [0.5, 0.6) is 0 Å². The molecule has 3 rings (SSSR count). The zero-order chi connectivity index (χ0) is 15.4. The number of nitriles is 1. The number of hydrogen-bond donors (Lipinski definition) is 0. The van der Waals surface area contributed by atoms with Gasteiger partial charge in [-0.05, 0) is 35.4 Å². The van der Waals surface area contributed by atoms with Crippen LogP contribution in [-0.4, -0.2) is 4.98 Å². The van der Waals surface area contributed by atoms with Crippen LogP contribution in [-0.2, 0) is 0 Å². The van der Waals surface area contributed by atoms with Crippen molar-refractivity contribution in [3.63, 3.8) is 0 Å². The number of aromatic nitrogens is 1. The van der Waals surface area contributed by atoms with Crippen molar-refractivity contribution in [3.05, 3.63) is 83.8 Å². The quantitative estimate of drug-likeness (QED) is 0.631. The zero-order valence-corrected chi connectivity index (χ0v) is 11.7. The summed E-state index contributed by atoms with van der Waals surface area (Å²) in [5, 5.41) is 9.05. The van der Waals surface area contributed by atoms with E-state index in [0.717, 1.165) is 22.4 Å². The van der Waals surface area contributed by atoms with Crippen molar-refractivity contribution in [1.82, 2.24) is 4.98 Å². The number of rotatable bonds is 2. The lowest BCUT2D eigenvalue weighted by Gasteiger charge is -2.05. The Balaban J connectivity index is 2.01. The van der Waals surface area contributed by atoms with Crippen molar-refractivity contribution in [2.45, 2.75) is 0 Å². The number of pyridine rings is 1. The molecule has 22 heavy (non-hydrogen) atoms. The summed E-state index contributed by atoms with van der Waals surface area (Å²) in [5.74, 6) is 0. The predicted molar refractivity (Wildman–Crippen MR) is 86.1 cm³/mol. The van der Waals surface area contributed by atoms with E-state index in [0.29, 0.717) is 11.3 Å². The van der Waals surface area contributed by atoms with Crippen LogP contribution in [0.1, 0.15) is 5.56 Å². The van der Waals surface area contributed by atoms with Gasteiger partial charge in [0.05, 0.1) is 18.3 Å². The summed E-state index contributed by atoms with van der Waals surface area (Å²) < 4.78 is 0. The summed E-state index contributed by atoms with van der Waals surface area (Å²) in [6.07, 6.45) is 1.81. The lowest BCUT2D eigenvalue weighted by molar-refractivity contribution is 1.32. The minimum absolute atomic E-state index is 0.447. The average molecular weight is 281 g/mol. The van der Waals surface area contributed by atoms with Gasteiger partial charge in [0, 0.05) is 17.3 Å². The standard InChI is InChI=1S/C19H11N3/c1-21-18-10-14(12-20)9-17(11-18)19-8-7-16(13-22-19)15-5-3-2-4-6-15/h2-11,13H. The molecule has 2 aromatic carbocycles. The van der Waals surface area contributed by atoms with E-state index in [9.17, 15) is 0 Å². The second-order valence-electron chi connectivity index (χ2n) is 4.79. The van der Waals surface area contributed by atoms with Gasteiger partial charge in [-0.2, -0.15) is 5.26 Å². The van der Waals surface area contributed by atoms with Gasteiger partial charge in [-0.25, -0.2) is 4.85 Å². The fraction of sp³-hybridized carbons (Fsp3) is 0. The van der Waals surface area contributed by atoms with E-state index in [-0.39, 0.29) is 0 Å². The fourth-order valence-corrected chi connectivity index (χ4v) is 2.25. The van der Waals surface area contributed by atoms with Crippen molar-refractivity contribution >= 4 is 5.69 Å². The average Bonchev–Trinajstić information content (AvgIpc) is 2.62. The number of benzene rings is 2. The van der Waals surface area contributed by atoms with Crippen LogP contribution >= 0.6 is 0 Å². The molecule has 0 spiro atoms. The smallest absolute Gasteiger partial charge is 0.189 e. The summed E-state index contributed by atoms with van der Waals surface area (Å²) in [7, 11) is 0. The van der Waals surface area contributed by atoms with Crippen LogP contribution in [0.2, 0.25) is 0 Å². The Morgan fingerprint density at radius 1 is 0.909 bits per heavy atom. The highest BCUT2D eigenvalue weighted by Crippen LogP contribution is 2.26. The van der Waals surface area contributed by atoms with Crippen molar-refractivity contribution < 1.29 is 0 Å². The van der Waals surface area contributed by atoms with Crippen LogP contribution in [0.25, 0.3) is 27.2 Å². The van der Waals surface area contributed by atoms with Gasteiger partial charge in [0.1, 0.15) is 0 Å². The maximum atomic E-state index is 9.05. The van der Waals surface area contributed by atoms with Gasteiger partial charge in [-0.15, -0.1) is 0 Å². The molecule has 1 heterocycles. The zero-order valence-electron chi connectivity index (χ0n) is 11.7. The lowest BCUT2D eigenvalue weighted by Crippen LogP contribution is -1.86. The molecule has 0 saturated heterocycles. The predicted octanol–water partition coefficient (Wildman–Crippen LogP) is 4.84. The van der Waals surface area contributed by atoms with Crippen LogP contribution in [0.4, 0.5) is 5.69 Å². The topological polar surface area (TPSA) is 41.0 Å². The van der Waals surface area contributed by atoms with Crippen LogP contribution in [0.3, 0.4) is 0 Å². The first-order chi connectivity index (χ1) is 10.8. The minimum atomic E-state index is 0.447. The Morgan fingerprint density at radius 3 is 2.36 bits per heavy atom. The molecule has 0 unspecified atom stereocenters. The molecule has 3 nitrogen and oxygen atoms in total. The molecule has 3 aromatic rings. The van der Waals surface area contributed by atoms with E-state index < -0.39 is 0 Å². The second-order valence-corrected chi connectivity index (χ2v) is 4.79. The van der Waals surface area contributed by atoms with Crippen LogP contribution < -0.4 is 0 Å². The third-order valence-corrected chi connectivity index (χ3v) is 3.34. The summed E-state index contributed by atoms with van der Waals surface area (Å²) in [4.78, 5) is 7.87. The second kappa shape index (κ2) is 5.91. The van der Waals surface area contributed by atoms with Gasteiger partial charge >= 0.3 is 0 Å². The van der Waals surface area contributed by atoms with Gasteiger partial charge in [0.25, 0.3) is 0 Å². The molecule has 3 heteroatoms. The lowest BCUT2D eigenvalue weighted by atomic mass is 10.0. The fourth-order valence-electron chi connectivity index (χ4n) is 2.25. The maximum Gasteiger partial charge on any atom is 0.189 e. The summed E-state index contributed by atoms with van der Waals surface area (Å²) in [6.45, 7) is 7.12. The van der Waals surface area contributed by atoms with E-state index in [2.05, 4.69) is 15.9 Å². The van der Waals surface area contributed by atoms with Gasteiger partial charge < -0.3 is 0 Å². The van der Waals surface area contributed by atoms with E-state index in [4.69, 9.17) is 11.8 Å². The molecule has 0 aliphatic heterocycles. The summed E-state index contributed by atoms with van der Waals surface area (Å²) in [5.41, 5.74) is 4.59. The molecule has 0 atom stereocenters. The van der Waals surface area contributed by atoms with Crippen molar-refractivity contribution in [2.75, 3.05) is 0 Å².